The molecular weight excluding hydrogens is 218 g/mol. The Morgan fingerprint density at radius 1 is 1.41 bits per heavy atom. The molecule has 0 spiro atoms. The number of urea groups is 1. The molecule has 1 heterocycles. The van der Waals surface area contributed by atoms with Crippen LogP contribution in [-0.4, -0.2) is 24.2 Å². The molecule has 0 fully saturated rings. The molecule has 0 aliphatic rings. The summed E-state index contributed by atoms with van der Waals surface area (Å²) >= 11 is 0. The van der Waals surface area contributed by atoms with Gasteiger partial charge >= 0.3 is 6.03 Å². The molecule has 0 bridgehead atoms. The molecule has 0 saturated heterocycles. The van der Waals surface area contributed by atoms with Gasteiger partial charge in [0.2, 0.25) is 5.88 Å². The van der Waals surface area contributed by atoms with Crippen molar-refractivity contribution < 1.29 is 9.53 Å². The van der Waals surface area contributed by atoms with Crippen molar-refractivity contribution in [2.45, 2.75) is 26.7 Å². The predicted octanol–water partition coefficient (Wildman–Crippen LogP) is 2.40. The van der Waals surface area contributed by atoms with Gasteiger partial charge in [-0.15, -0.1) is 0 Å². The zero-order valence-electron chi connectivity index (χ0n) is 10.3. The van der Waals surface area contributed by atoms with E-state index in [-0.39, 0.29) is 6.03 Å². The number of pyridine rings is 1. The Morgan fingerprint density at radius 3 is 2.82 bits per heavy atom. The number of rotatable bonds is 6. The third kappa shape index (κ3) is 5.19. The lowest BCUT2D eigenvalue weighted by molar-refractivity contribution is 0.252. The summed E-state index contributed by atoms with van der Waals surface area (Å²) < 4.78 is 5.21. The van der Waals surface area contributed by atoms with E-state index in [9.17, 15) is 4.79 Å². The second kappa shape index (κ2) is 7.49. The molecule has 2 amide bonds. The highest BCUT2D eigenvalue weighted by Crippen LogP contribution is 2.11. The van der Waals surface area contributed by atoms with E-state index in [1.54, 1.807) is 18.3 Å². The fourth-order valence-corrected chi connectivity index (χ4v) is 1.24. The smallest absolute Gasteiger partial charge is 0.319 e. The topological polar surface area (TPSA) is 63.2 Å². The summed E-state index contributed by atoms with van der Waals surface area (Å²) in [4.78, 5) is 15.5. The highest BCUT2D eigenvalue weighted by molar-refractivity contribution is 5.88. The molecular formula is C12H19N3O2. The standard InChI is InChI=1S/C12H19N3O2/c1-3-5-8-13-12(16)15-10-6-7-11(14-9-10)17-4-2/h6-7,9H,3-5,8H2,1-2H3,(H2,13,15,16). The Kier molecular flexibility index (Phi) is 5.85. The van der Waals surface area contributed by atoms with E-state index >= 15 is 0 Å². The molecule has 0 aliphatic carbocycles. The summed E-state index contributed by atoms with van der Waals surface area (Å²) in [6.07, 6.45) is 3.62. The number of anilines is 1. The largest absolute Gasteiger partial charge is 0.478 e. The van der Waals surface area contributed by atoms with Crippen LogP contribution in [0.2, 0.25) is 0 Å². The van der Waals surface area contributed by atoms with Crippen LogP contribution in [-0.2, 0) is 0 Å². The fraction of sp³-hybridized carbons (Fsp3) is 0.500. The number of hydrogen-bond donors (Lipinski definition) is 2. The lowest BCUT2D eigenvalue weighted by Gasteiger charge is -2.07. The number of amides is 2. The first-order chi connectivity index (χ1) is 8.26. The van der Waals surface area contributed by atoms with Crippen LogP contribution in [0, 0.1) is 0 Å². The minimum Gasteiger partial charge on any atom is -0.478 e. The Labute approximate surface area is 102 Å². The molecule has 0 radical (unpaired) electrons. The zero-order valence-corrected chi connectivity index (χ0v) is 10.3. The minimum atomic E-state index is -0.204. The van der Waals surface area contributed by atoms with Crippen LogP contribution in [0.5, 0.6) is 5.88 Å². The van der Waals surface area contributed by atoms with Crippen molar-refractivity contribution >= 4 is 11.7 Å². The Balaban J connectivity index is 2.37. The van der Waals surface area contributed by atoms with Crippen LogP contribution in [0.15, 0.2) is 18.3 Å². The second-order valence-corrected chi connectivity index (χ2v) is 3.55. The van der Waals surface area contributed by atoms with E-state index in [4.69, 9.17) is 4.74 Å². The van der Waals surface area contributed by atoms with Crippen LogP contribution < -0.4 is 15.4 Å². The van der Waals surface area contributed by atoms with E-state index < -0.39 is 0 Å². The number of nitrogens with zero attached hydrogens (tertiary/aromatic N) is 1. The van der Waals surface area contributed by atoms with Crippen molar-refractivity contribution in [2.24, 2.45) is 0 Å². The second-order valence-electron chi connectivity index (χ2n) is 3.55. The quantitative estimate of drug-likeness (QED) is 0.747. The van der Waals surface area contributed by atoms with Gasteiger partial charge in [0.05, 0.1) is 18.5 Å². The molecule has 94 valence electrons. The molecule has 0 saturated carbocycles. The van der Waals surface area contributed by atoms with Gasteiger partial charge < -0.3 is 15.4 Å². The molecule has 1 rings (SSSR count). The number of carbonyl (C=O) groups excluding carboxylic acids is 1. The maximum atomic E-state index is 11.4. The molecule has 1 aromatic rings. The van der Waals surface area contributed by atoms with Crippen molar-refractivity contribution in [3.05, 3.63) is 18.3 Å². The first kappa shape index (κ1) is 13.3. The lowest BCUT2D eigenvalue weighted by atomic mass is 10.3. The molecule has 1 aromatic heterocycles. The average molecular weight is 237 g/mol. The maximum absolute atomic E-state index is 11.4. The number of carbonyl (C=O) groups is 1. The molecule has 17 heavy (non-hydrogen) atoms. The number of hydrogen-bond acceptors (Lipinski definition) is 3. The van der Waals surface area contributed by atoms with Crippen LogP contribution in [0.1, 0.15) is 26.7 Å². The molecule has 0 unspecified atom stereocenters. The van der Waals surface area contributed by atoms with Crippen LogP contribution >= 0.6 is 0 Å². The monoisotopic (exact) mass is 237 g/mol. The van der Waals surface area contributed by atoms with Crippen LogP contribution in [0.25, 0.3) is 0 Å². The van der Waals surface area contributed by atoms with Crippen molar-refractivity contribution in [3.63, 3.8) is 0 Å². The highest BCUT2D eigenvalue weighted by atomic mass is 16.5. The van der Waals surface area contributed by atoms with E-state index in [2.05, 4.69) is 22.5 Å². The Hall–Kier alpha value is -1.78. The van der Waals surface area contributed by atoms with Gasteiger partial charge in [-0.25, -0.2) is 9.78 Å². The summed E-state index contributed by atoms with van der Waals surface area (Å²) in [5.74, 6) is 0.560. The predicted molar refractivity (Wildman–Crippen MR) is 67.3 cm³/mol. The van der Waals surface area contributed by atoms with E-state index in [0.717, 1.165) is 12.8 Å². The fourth-order valence-electron chi connectivity index (χ4n) is 1.24. The Morgan fingerprint density at radius 2 is 2.24 bits per heavy atom. The highest BCUT2D eigenvalue weighted by Gasteiger charge is 2.01. The number of ether oxygens (including phenoxy) is 1. The first-order valence-electron chi connectivity index (χ1n) is 5.90. The molecule has 5 nitrogen and oxygen atoms in total. The van der Waals surface area contributed by atoms with E-state index in [1.165, 1.54) is 0 Å². The van der Waals surface area contributed by atoms with E-state index in [0.29, 0.717) is 24.7 Å². The molecule has 0 aliphatic heterocycles. The van der Waals surface area contributed by atoms with Crippen molar-refractivity contribution in [2.75, 3.05) is 18.5 Å². The van der Waals surface area contributed by atoms with Gasteiger partial charge in [0, 0.05) is 12.6 Å². The average Bonchev–Trinajstić information content (AvgIpc) is 2.32. The molecule has 0 atom stereocenters. The van der Waals surface area contributed by atoms with Gasteiger partial charge in [-0.2, -0.15) is 0 Å². The summed E-state index contributed by atoms with van der Waals surface area (Å²) in [5.41, 5.74) is 0.655. The van der Waals surface area contributed by atoms with Gasteiger partial charge in [-0.3, -0.25) is 0 Å². The van der Waals surface area contributed by atoms with Crippen molar-refractivity contribution in [1.82, 2.24) is 10.3 Å². The first-order valence-corrected chi connectivity index (χ1v) is 5.90. The summed E-state index contributed by atoms with van der Waals surface area (Å²) in [7, 11) is 0. The normalized spacial score (nSPS) is 9.76. The van der Waals surface area contributed by atoms with Crippen molar-refractivity contribution in [3.8, 4) is 5.88 Å². The van der Waals surface area contributed by atoms with Gasteiger partial charge in [0.15, 0.2) is 0 Å². The SMILES string of the molecule is CCCCNC(=O)Nc1ccc(OCC)nc1. The summed E-state index contributed by atoms with van der Waals surface area (Å²) in [6, 6.07) is 3.28. The lowest BCUT2D eigenvalue weighted by Crippen LogP contribution is -2.29. The number of nitrogens with one attached hydrogen (secondary N) is 2. The van der Waals surface area contributed by atoms with Gasteiger partial charge in [-0.1, -0.05) is 13.3 Å². The number of aromatic nitrogens is 1. The molecule has 2 N–H and O–H groups in total. The van der Waals surface area contributed by atoms with Crippen molar-refractivity contribution in [1.29, 1.82) is 0 Å². The third-order valence-electron chi connectivity index (χ3n) is 2.10. The molecule has 5 heteroatoms. The minimum absolute atomic E-state index is 0.204. The molecule has 0 aromatic carbocycles. The van der Waals surface area contributed by atoms with Gasteiger partial charge in [0.25, 0.3) is 0 Å². The van der Waals surface area contributed by atoms with Gasteiger partial charge in [0.1, 0.15) is 0 Å². The van der Waals surface area contributed by atoms with Gasteiger partial charge in [-0.05, 0) is 19.4 Å². The Bertz CT molecular complexity index is 338. The third-order valence-corrected chi connectivity index (χ3v) is 2.10. The number of unbranched alkanes of at least 4 members (excludes halogenated alkanes) is 1. The van der Waals surface area contributed by atoms with Crippen LogP contribution in [0.4, 0.5) is 10.5 Å². The maximum Gasteiger partial charge on any atom is 0.319 e. The zero-order chi connectivity index (χ0) is 12.5. The summed E-state index contributed by atoms with van der Waals surface area (Å²) in [5, 5.41) is 5.46. The summed E-state index contributed by atoms with van der Waals surface area (Å²) in [6.45, 7) is 5.25. The van der Waals surface area contributed by atoms with E-state index in [1.807, 2.05) is 6.92 Å². The van der Waals surface area contributed by atoms with Crippen LogP contribution in [0.3, 0.4) is 0 Å².